The number of para-hydroxylation sites is 1. The summed E-state index contributed by atoms with van der Waals surface area (Å²) >= 11 is 3.02. The first-order valence-electron chi connectivity index (χ1n) is 6.43. The predicted octanol–water partition coefficient (Wildman–Crippen LogP) is 1.88. The Morgan fingerprint density at radius 3 is 3.00 bits per heavy atom. The molecule has 22 heavy (non-hydrogen) atoms. The van der Waals surface area contributed by atoms with Crippen LogP contribution in [0.15, 0.2) is 35.4 Å². The van der Waals surface area contributed by atoms with Crippen LogP contribution in [-0.2, 0) is 5.88 Å². The summed E-state index contributed by atoms with van der Waals surface area (Å²) in [6.07, 6.45) is 3.38. The van der Waals surface area contributed by atoms with Crippen molar-refractivity contribution in [2.75, 3.05) is 6.26 Å². The van der Waals surface area contributed by atoms with Gasteiger partial charge in [-0.2, -0.15) is 4.68 Å². The quantitative estimate of drug-likeness (QED) is 0.571. The lowest BCUT2D eigenvalue weighted by Crippen LogP contribution is -2.28. The smallest absolute Gasteiger partial charge is 0.245 e. The van der Waals surface area contributed by atoms with Gasteiger partial charge in [0, 0.05) is 0 Å². The molecule has 110 valence electrons. The van der Waals surface area contributed by atoms with Crippen LogP contribution < -0.4 is 5.69 Å². The summed E-state index contributed by atoms with van der Waals surface area (Å²) in [5.74, 6) is 0.455. The molecule has 0 saturated heterocycles. The second-order valence-corrected chi connectivity index (χ2v) is 6.43. The molecule has 4 aromatic rings. The lowest BCUT2D eigenvalue weighted by Gasteiger charge is -2.00. The summed E-state index contributed by atoms with van der Waals surface area (Å²) < 4.78 is 3.79. The molecule has 0 bridgehead atoms. The van der Waals surface area contributed by atoms with E-state index in [1.807, 2.05) is 30.5 Å². The van der Waals surface area contributed by atoms with Gasteiger partial charge in [0.15, 0.2) is 5.65 Å². The monoisotopic (exact) mass is 330 g/mol. The third-order valence-corrected chi connectivity index (χ3v) is 4.71. The summed E-state index contributed by atoms with van der Waals surface area (Å²) in [7, 11) is 0. The molecule has 0 aliphatic rings. The van der Waals surface area contributed by atoms with Crippen molar-refractivity contribution in [3.63, 3.8) is 0 Å². The lowest BCUT2D eigenvalue weighted by molar-refractivity contribution is 0.598. The maximum absolute atomic E-state index is 12.3. The average molecular weight is 330 g/mol. The summed E-state index contributed by atoms with van der Waals surface area (Å²) in [6, 6.07) is 7.87. The first kappa shape index (κ1) is 13.4. The van der Waals surface area contributed by atoms with Crippen LogP contribution >= 0.6 is 23.1 Å². The van der Waals surface area contributed by atoms with E-state index in [0.29, 0.717) is 17.2 Å². The minimum absolute atomic E-state index is 0.251. The number of nitrogens with zero attached hydrogens (tertiary/aromatic N) is 6. The van der Waals surface area contributed by atoms with Crippen molar-refractivity contribution in [1.82, 2.24) is 29.4 Å². The number of rotatable bonds is 3. The molecule has 3 heterocycles. The largest absolute Gasteiger partial charge is 0.353 e. The van der Waals surface area contributed by atoms with Gasteiger partial charge in [0.25, 0.3) is 0 Å². The van der Waals surface area contributed by atoms with Crippen LogP contribution in [0.3, 0.4) is 0 Å². The molecular weight excluding hydrogens is 320 g/mol. The molecule has 0 unspecified atom stereocenters. The number of thiazole rings is 1. The topological polar surface area (TPSA) is 78.0 Å². The van der Waals surface area contributed by atoms with Crippen LogP contribution in [0, 0.1) is 0 Å². The van der Waals surface area contributed by atoms with E-state index in [-0.39, 0.29) is 5.69 Å². The number of hydrogen-bond acceptors (Lipinski definition) is 7. The van der Waals surface area contributed by atoms with Crippen LogP contribution in [0.2, 0.25) is 0 Å². The Balaban J connectivity index is 1.92. The highest BCUT2D eigenvalue weighted by Crippen LogP contribution is 2.30. The molecule has 7 nitrogen and oxygen atoms in total. The summed E-state index contributed by atoms with van der Waals surface area (Å²) in [5, 5.41) is 8.83. The predicted molar refractivity (Wildman–Crippen MR) is 87.2 cm³/mol. The third kappa shape index (κ3) is 2.01. The molecule has 0 radical (unpaired) electrons. The SMILES string of the molecule is CSCn1nnc2c(-c3nc4ccccc4s3)ncn2c1=O. The number of hydrogen-bond donors (Lipinski definition) is 0. The van der Waals surface area contributed by atoms with Crippen LogP contribution in [0.5, 0.6) is 0 Å². The number of aromatic nitrogens is 6. The van der Waals surface area contributed by atoms with Gasteiger partial charge in [0.1, 0.15) is 17.0 Å². The first-order valence-corrected chi connectivity index (χ1v) is 8.64. The summed E-state index contributed by atoms with van der Waals surface area (Å²) in [6.45, 7) is 0. The van der Waals surface area contributed by atoms with Gasteiger partial charge >= 0.3 is 5.69 Å². The van der Waals surface area contributed by atoms with E-state index < -0.39 is 0 Å². The van der Waals surface area contributed by atoms with Crippen molar-refractivity contribution in [3.8, 4) is 10.7 Å². The highest BCUT2D eigenvalue weighted by molar-refractivity contribution is 7.97. The van der Waals surface area contributed by atoms with Gasteiger partial charge in [-0.1, -0.05) is 17.3 Å². The number of thioether (sulfide) groups is 1. The van der Waals surface area contributed by atoms with Gasteiger partial charge < -0.3 is 0 Å². The zero-order valence-corrected chi connectivity index (χ0v) is 13.1. The molecule has 0 amide bonds. The Bertz CT molecular complexity index is 1000. The summed E-state index contributed by atoms with van der Waals surface area (Å²) in [5.41, 5.74) is 1.68. The molecule has 4 rings (SSSR count). The van der Waals surface area contributed by atoms with Crippen LogP contribution in [-0.4, -0.2) is 35.6 Å². The molecule has 0 aliphatic heterocycles. The minimum atomic E-state index is -0.251. The normalized spacial score (nSPS) is 11.5. The molecule has 3 aromatic heterocycles. The maximum atomic E-state index is 12.3. The molecule has 0 atom stereocenters. The molecule has 0 fully saturated rings. The van der Waals surface area contributed by atoms with E-state index in [0.717, 1.165) is 15.2 Å². The zero-order valence-electron chi connectivity index (χ0n) is 11.5. The van der Waals surface area contributed by atoms with E-state index in [9.17, 15) is 4.79 Å². The standard InChI is InChI=1S/C13H10N6OS2/c1-21-7-19-13(20)18-6-14-10(11(18)16-17-19)12-15-8-4-2-3-5-9(8)22-12/h2-6H,7H2,1H3. The van der Waals surface area contributed by atoms with Crippen LogP contribution in [0.25, 0.3) is 26.6 Å². The summed E-state index contributed by atoms with van der Waals surface area (Å²) in [4.78, 5) is 21.2. The van der Waals surface area contributed by atoms with Gasteiger partial charge in [-0.15, -0.1) is 28.2 Å². The fourth-order valence-corrected chi connectivity index (χ4v) is 3.53. The fraction of sp³-hybridized carbons (Fsp3) is 0.154. The van der Waals surface area contributed by atoms with E-state index in [1.54, 1.807) is 0 Å². The van der Waals surface area contributed by atoms with Crippen molar-refractivity contribution in [2.45, 2.75) is 5.88 Å². The molecule has 0 N–H and O–H groups in total. The highest BCUT2D eigenvalue weighted by atomic mass is 32.2. The Hall–Kier alpha value is -2.26. The van der Waals surface area contributed by atoms with Crippen molar-refractivity contribution in [1.29, 1.82) is 0 Å². The molecule has 0 aliphatic carbocycles. The number of fused-ring (bicyclic) bond motifs is 2. The van der Waals surface area contributed by atoms with Gasteiger partial charge in [0.2, 0.25) is 0 Å². The van der Waals surface area contributed by atoms with Gasteiger partial charge in [-0.3, -0.25) is 0 Å². The zero-order chi connectivity index (χ0) is 15.1. The van der Waals surface area contributed by atoms with E-state index >= 15 is 0 Å². The van der Waals surface area contributed by atoms with Gasteiger partial charge in [-0.05, 0) is 18.4 Å². The second-order valence-electron chi connectivity index (χ2n) is 4.56. The van der Waals surface area contributed by atoms with E-state index in [4.69, 9.17) is 0 Å². The molecule has 1 aromatic carbocycles. The van der Waals surface area contributed by atoms with Crippen molar-refractivity contribution in [3.05, 3.63) is 41.1 Å². The fourth-order valence-electron chi connectivity index (χ4n) is 2.16. The number of imidazole rings is 1. The molecule has 9 heteroatoms. The van der Waals surface area contributed by atoms with Crippen molar-refractivity contribution < 1.29 is 0 Å². The van der Waals surface area contributed by atoms with Gasteiger partial charge in [-0.25, -0.2) is 19.2 Å². The maximum Gasteiger partial charge on any atom is 0.353 e. The Labute approximate surface area is 132 Å². The Morgan fingerprint density at radius 2 is 2.18 bits per heavy atom. The Kier molecular flexibility index (Phi) is 3.16. The van der Waals surface area contributed by atoms with E-state index in [1.165, 1.54) is 38.5 Å². The first-order chi connectivity index (χ1) is 10.8. The molecular formula is C13H10N6OS2. The second kappa shape index (κ2) is 5.18. The lowest BCUT2D eigenvalue weighted by atomic mass is 10.3. The molecule has 0 saturated carbocycles. The van der Waals surface area contributed by atoms with Crippen LogP contribution in [0.4, 0.5) is 0 Å². The van der Waals surface area contributed by atoms with Crippen LogP contribution in [0.1, 0.15) is 0 Å². The third-order valence-electron chi connectivity index (χ3n) is 3.16. The number of benzene rings is 1. The molecule has 0 spiro atoms. The van der Waals surface area contributed by atoms with Crippen molar-refractivity contribution in [2.24, 2.45) is 0 Å². The minimum Gasteiger partial charge on any atom is -0.245 e. The van der Waals surface area contributed by atoms with E-state index in [2.05, 4.69) is 20.3 Å². The van der Waals surface area contributed by atoms with Gasteiger partial charge in [0.05, 0.1) is 16.1 Å². The average Bonchev–Trinajstić information content (AvgIpc) is 3.13. The van der Waals surface area contributed by atoms with Crippen molar-refractivity contribution >= 4 is 39.0 Å². The highest BCUT2D eigenvalue weighted by Gasteiger charge is 2.16. The Morgan fingerprint density at radius 1 is 1.32 bits per heavy atom.